The third-order valence-corrected chi connectivity index (χ3v) is 4.56. The van der Waals surface area contributed by atoms with Crippen molar-refractivity contribution < 1.29 is 14.9 Å². The fraction of sp³-hybridized carbons (Fsp3) is 0.400. The summed E-state index contributed by atoms with van der Waals surface area (Å²) >= 11 is 1.59. The molecule has 1 aromatic carbocycles. The number of benzene rings is 1. The van der Waals surface area contributed by atoms with Crippen molar-refractivity contribution in [3.8, 4) is 22.1 Å². The van der Waals surface area contributed by atoms with Crippen LogP contribution in [0.1, 0.15) is 23.4 Å². The minimum atomic E-state index is -0.131. The predicted molar refractivity (Wildman–Crippen MR) is 81.5 cm³/mol. The Bertz CT molecular complexity index is 638. The largest absolute Gasteiger partial charge is 0.504 e. The molecule has 0 aliphatic heterocycles. The molecule has 112 valence electrons. The second-order valence-electron chi connectivity index (χ2n) is 5.18. The molecule has 1 aliphatic carbocycles. The standard InChI is InChI=1S/C15H18N2O3S/c1-20-8-11-14(7-16-10-3-4-10)21-15(17-11)9-2-5-12(18)13(19)6-9/h2,5-6,10,16,18-19H,3-4,7-8H2,1H3. The molecule has 5 nitrogen and oxygen atoms in total. The smallest absolute Gasteiger partial charge is 0.158 e. The van der Waals surface area contributed by atoms with Crippen LogP contribution in [-0.4, -0.2) is 28.3 Å². The van der Waals surface area contributed by atoms with Crippen LogP contribution in [0.5, 0.6) is 11.5 Å². The van der Waals surface area contributed by atoms with E-state index in [-0.39, 0.29) is 11.5 Å². The zero-order valence-electron chi connectivity index (χ0n) is 11.8. The number of aromatic hydroxyl groups is 2. The Balaban J connectivity index is 1.86. The Hall–Kier alpha value is -1.63. The number of hydrogen-bond donors (Lipinski definition) is 3. The molecule has 2 aromatic rings. The van der Waals surface area contributed by atoms with Gasteiger partial charge in [-0.1, -0.05) is 0 Å². The van der Waals surface area contributed by atoms with Crippen LogP contribution < -0.4 is 5.32 Å². The second kappa shape index (κ2) is 6.01. The summed E-state index contributed by atoms with van der Waals surface area (Å²) in [6.07, 6.45) is 2.49. The Kier molecular flexibility index (Phi) is 4.10. The number of ether oxygens (including phenoxy) is 1. The van der Waals surface area contributed by atoms with E-state index in [0.29, 0.717) is 12.6 Å². The Morgan fingerprint density at radius 3 is 2.81 bits per heavy atom. The minimum Gasteiger partial charge on any atom is -0.504 e. The number of aromatic nitrogens is 1. The number of nitrogens with one attached hydrogen (secondary N) is 1. The Morgan fingerprint density at radius 1 is 1.33 bits per heavy atom. The maximum absolute atomic E-state index is 9.62. The molecule has 0 radical (unpaired) electrons. The van der Waals surface area contributed by atoms with Gasteiger partial charge >= 0.3 is 0 Å². The highest BCUT2D eigenvalue weighted by Crippen LogP contribution is 2.34. The fourth-order valence-electron chi connectivity index (χ4n) is 2.08. The highest BCUT2D eigenvalue weighted by Gasteiger charge is 2.22. The van der Waals surface area contributed by atoms with Gasteiger partial charge in [0, 0.05) is 30.1 Å². The van der Waals surface area contributed by atoms with E-state index in [4.69, 9.17) is 4.74 Å². The van der Waals surface area contributed by atoms with Gasteiger partial charge in [-0.05, 0) is 31.0 Å². The van der Waals surface area contributed by atoms with Gasteiger partial charge in [-0.25, -0.2) is 4.98 Å². The molecular weight excluding hydrogens is 288 g/mol. The van der Waals surface area contributed by atoms with Crippen molar-refractivity contribution in [3.05, 3.63) is 28.8 Å². The molecule has 0 atom stereocenters. The van der Waals surface area contributed by atoms with Gasteiger partial charge in [-0.3, -0.25) is 0 Å². The number of methoxy groups -OCH3 is 1. The maximum Gasteiger partial charge on any atom is 0.158 e. The monoisotopic (exact) mass is 306 g/mol. The van der Waals surface area contributed by atoms with Gasteiger partial charge in [0.25, 0.3) is 0 Å². The molecule has 6 heteroatoms. The van der Waals surface area contributed by atoms with Crippen LogP contribution >= 0.6 is 11.3 Å². The molecular formula is C15H18N2O3S. The van der Waals surface area contributed by atoms with Crippen LogP contribution in [0.2, 0.25) is 0 Å². The normalized spacial score (nSPS) is 14.5. The Morgan fingerprint density at radius 2 is 2.14 bits per heavy atom. The first-order valence-electron chi connectivity index (χ1n) is 6.90. The summed E-state index contributed by atoms with van der Waals surface area (Å²) in [5.74, 6) is -0.253. The zero-order valence-corrected chi connectivity index (χ0v) is 12.6. The fourth-order valence-corrected chi connectivity index (χ4v) is 3.09. The van der Waals surface area contributed by atoms with Gasteiger partial charge in [0.15, 0.2) is 11.5 Å². The molecule has 1 heterocycles. The lowest BCUT2D eigenvalue weighted by Gasteiger charge is -2.02. The summed E-state index contributed by atoms with van der Waals surface area (Å²) in [5, 5.41) is 23.3. The van der Waals surface area contributed by atoms with Crippen molar-refractivity contribution in [2.24, 2.45) is 0 Å². The van der Waals surface area contributed by atoms with Crippen molar-refractivity contribution in [3.63, 3.8) is 0 Å². The summed E-state index contributed by atoms with van der Waals surface area (Å²) in [6, 6.07) is 5.40. The van der Waals surface area contributed by atoms with Gasteiger partial charge in [-0.15, -0.1) is 11.3 Å². The summed E-state index contributed by atoms with van der Waals surface area (Å²) in [4.78, 5) is 5.76. The van der Waals surface area contributed by atoms with E-state index in [1.165, 1.54) is 25.0 Å². The zero-order chi connectivity index (χ0) is 14.8. The van der Waals surface area contributed by atoms with Gasteiger partial charge < -0.3 is 20.3 Å². The van der Waals surface area contributed by atoms with E-state index in [1.807, 2.05) is 0 Å². The number of phenolic OH excluding ortho intramolecular Hbond substituents is 2. The first kappa shape index (κ1) is 14.3. The third kappa shape index (κ3) is 3.34. The summed E-state index contributed by atoms with van der Waals surface area (Å²) in [5.41, 5.74) is 1.73. The van der Waals surface area contributed by atoms with Crippen LogP contribution in [0.25, 0.3) is 10.6 Å². The first-order chi connectivity index (χ1) is 10.2. The lowest BCUT2D eigenvalue weighted by atomic mass is 10.2. The van der Waals surface area contributed by atoms with Crippen LogP contribution in [-0.2, 0) is 17.9 Å². The van der Waals surface area contributed by atoms with Crippen molar-refractivity contribution in [2.75, 3.05) is 7.11 Å². The molecule has 21 heavy (non-hydrogen) atoms. The van der Waals surface area contributed by atoms with Crippen LogP contribution in [0, 0.1) is 0 Å². The highest BCUT2D eigenvalue weighted by atomic mass is 32.1. The van der Waals surface area contributed by atoms with Crippen molar-refractivity contribution in [2.45, 2.75) is 32.0 Å². The molecule has 1 aromatic heterocycles. The number of phenols is 2. The van der Waals surface area contributed by atoms with Gasteiger partial charge in [0.05, 0.1) is 12.3 Å². The molecule has 3 rings (SSSR count). The molecule has 0 saturated heterocycles. The number of hydrogen-bond acceptors (Lipinski definition) is 6. The molecule has 3 N–H and O–H groups in total. The molecule has 0 spiro atoms. The van der Waals surface area contributed by atoms with Gasteiger partial charge in [0.2, 0.25) is 0 Å². The number of thiazole rings is 1. The van der Waals surface area contributed by atoms with E-state index >= 15 is 0 Å². The number of rotatable bonds is 6. The van der Waals surface area contributed by atoms with Crippen LogP contribution in [0.3, 0.4) is 0 Å². The number of nitrogens with zero attached hydrogens (tertiary/aromatic N) is 1. The van der Waals surface area contributed by atoms with Crippen molar-refractivity contribution >= 4 is 11.3 Å². The summed E-state index contributed by atoms with van der Waals surface area (Å²) in [6.45, 7) is 1.27. The average Bonchev–Trinajstić information content (AvgIpc) is 3.21. The second-order valence-corrected chi connectivity index (χ2v) is 6.26. The third-order valence-electron chi connectivity index (χ3n) is 3.41. The lowest BCUT2D eigenvalue weighted by molar-refractivity contribution is 0.181. The molecule has 1 saturated carbocycles. The molecule has 0 unspecified atom stereocenters. The van der Waals surface area contributed by atoms with E-state index in [2.05, 4.69) is 10.3 Å². The van der Waals surface area contributed by atoms with E-state index in [9.17, 15) is 10.2 Å². The van der Waals surface area contributed by atoms with E-state index in [0.717, 1.165) is 27.7 Å². The minimum absolute atomic E-state index is 0.122. The molecule has 1 aliphatic rings. The molecule has 0 amide bonds. The SMILES string of the molecule is COCc1nc(-c2ccc(O)c(O)c2)sc1CNC1CC1. The highest BCUT2D eigenvalue weighted by molar-refractivity contribution is 7.15. The van der Waals surface area contributed by atoms with Crippen LogP contribution in [0.15, 0.2) is 18.2 Å². The van der Waals surface area contributed by atoms with Gasteiger partial charge in [-0.2, -0.15) is 0 Å². The molecule has 1 fully saturated rings. The maximum atomic E-state index is 9.62. The van der Waals surface area contributed by atoms with Gasteiger partial charge in [0.1, 0.15) is 5.01 Å². The first-order valence-corrected chi connectivity index (χ1v) is 7.72. The van der Waals surface area contributed by atoms with Crippen molar-refractivity contribution in [1.82, 2.24) is 10.3 Å². The van der Waals surface area contributed by atoms with Crippen LogP contribution in [0.4, 0.5) is 0 Å². The summed E-state index contributed by atoms with van der Waals surface area (Å²) < 4.78 is 5.21. The topological polar surface area (TPSA) is 74.6 Å². The summed E-state index contributed by atoms with van der Waals surface area (Å²) in [7, 11) is 1.66. The van der Waals surface area contributed by atoms with E-state index < -0.39 is 0 Å². The average molecular weight is 306 g/mol. The van der Waals surface area contributed by atoms with E-state index in [1.54, 1.807) is 24.5 Å². The quantitative estimate of drug-likeness (QED) is 0.715. The predicted octanol–water partition coefficient (Wildman–Crippen LogP) is 2.62. The molecule has 0 bridgehead atoms. The Labute approximate surface area is 127 Å². The van der Waals surface area contributed by atoms with Crippen molar-refractivity contribution in [1.29, 1.82) is 0 Å². The lowest BCUT2D eigenvalue weighted by Crippen LogP contribution is -2.15.